The van der Waals surface area contributed by atoms with Crippen LogP contribution >= 0.6 is 0 Å². The lowest BCUT2D eigenvalue weighted by molar-refractivity contribution is -0.132. The lowest BCUT2D eigenvalue weighted by atomic mass is 10.1. The molecule has 0 unspecified atom stereocenters. The van der Waals surface area contributed by atoms with E-state index in [1.807, 2.05) is 26.0 Å². The summed E-state index contributed by atoms with van der Waals surface area (Å²) in [6.45, 7) is 8.38. The SMILES string of the molecule is CCCCCN(CC(=O)Nc1cc(C)cc(C)c1)C(C)=O. The van der Waals surface area contributed by atoms with E-state index in [4.69, 9.17) is 0 Å². The first kappa shape index (κ1) is 17.2. The van der Waals surface area contributed by atoms with Crippen LogP contribution in [0.15, 0.2) is 18.2 Å². The fourth-order valence-corrected chi connectivity index (χ4v) is 2.32. The molecular formula is C17H26N2O2. The van der Waals surface area contributed by atoms with Crippen molar-refractivity contribution in [2.24, 2.45) is 0 Å². The van der Waals surface area contributed by atoms with Gasteiger partial charge in [-0.2, -0.15) is 0 Å². The quantitative estimate of drug-likeness (QED) is 0.783. The zero-order valence-electron chi connectivity index (χ0n) is 13.5. The van der Waals surface area contributed by atoms with Crippen molar-refractivity contribution in [2.45, 2.75) is 47.0 Å². The maximum absolute atomic E-state index is 12.1. The largest absolute Gasteiger partial charge is 0.334 e. The van der Waals surface area contributed by atoms with Gasteiger partial charge in [0.2, 0.25) is 11.8 Å². The molecule has 0 saturated heterocycles. The van der Waals surface area contributed by atoms with E-state index in [0.29, 0.717) is 6.54 Å². The lowest BCUT2D eigenvalue weighted by Crippen LogP contribution is -2.37. The van der Waals surface area contributed by atoms with E-state index in [-0.39, 0.29) is 18.4 Å². The second kappa shape index (κ2) is 8.45. The molecule has 116 valence electrons. The summed E-state index contributed by atoms with van der Waals surface area (Å²) in [5, 5.41) is 2.87. The number of anilines is 1. The van der Waals surface area contributed by atoms with Crippen molar-refractivity contribution in [3.8, 4) is 0 Å². The van der Waals surface area contributed by atoms with E-state index < -0.39 is 0 Å². The van der Waals surface area contributed by atoms with E-state index in [1.165, 1.54) is 6.92 Å². The van der Waals surface area contributed by atoms with Crippen molar-refractivity contribution < 1.29 is 9.59 Å². The van der Waals surface area contributed by atoms with Crippen molar-refractivity contribution in [1.82, 2.24) is 4.90 Å². The first-order valence-electron chi connectivity index (χ1n) is 7.56. The van der Waals surface area contributed by atoms with Crippen molar-refractivity contribution in [2.75, 3.05) is 18.4 Å². The van der Waals surface area contributed by atoms with Gasteiger partial charge in [0, 0.05) is 19.2 Å². The zero-order chi connectivity index (χ0) is 15.8. The number of unbranched alkanes of at least 4 members (excludes halogenated alkanes) is 2. The highest BCUT2D eigenvalue weighted by atomic mass is 16.2. The lowest BCUT2D eigenvalue weighted by Gasteiger charge is -2.20. The number of benzene rings is 1. The van der Waals surface area contributed by atoms with Crippen LogP contribution in [0.2, 0.25) is 0 Å². The fourth-order valence-electron chi connectivity index (χ4n) is 2.32. The summed E-state index contributed by atoms with van der Waals surface area (Å²) in [5.41, 5.74) is 3.00. The van der Waals surface area contributed by atoms with E-state index in [9.17, 15) is 9.59 Å². The zero-order valence-corrected chi connectivity index (χ0v) is 13.5. The van der Waals surface area contributed by atoms with Gasteiger partial charge in [-0.3, -0.25) is 9.59 Å². The highest BCUT2D eigenvalue weighted by Gasteiger charge is 2.13. The molecule has 1 aromatic rings. The average molecular weight is 290 g/mol. The Labute approximate surface area is 127 Å². The standard InChI is InChI=1S/C17H26N2O2/c1-5-6-7-8-19(15(4)20)12-17(21)18-16-10-13(2)9-14(3)11-16/h9-11H,5-8,12H2,1-4H3,(H,18,21). The van der Waals surface area contributed by atoms with Crippen LogP contribution in [0, 0.1) is 13.8 Å². The molecule has 1 rings (SSSR count). The molecule has 0 heterocycles. The Morgan fingerprint density at radius 3 is 2.24 bits per heavy atom. The Kier molecular flexibility index (Phi) is 6.92. The Balaban J connectivity index is 2.58. The van der Waals surface area contributed by atoms with Crippen LogP contribution in [0.5, 0.6) is 0 Å². The van der Waals surface area contributed by atoms with Crippen LogP contribution in [-0.2, 0) is 9.59 Å². The summed E-state index contributed by atoms with van der Waals surface area (Å²) < 4.78 is 0. The minimum Gasteiger partial charge on any atom is -0.334 e. The maximum atomic E-state index is 12.1. The molecule has 0 saturated carbocycles. The smallest absolute Gasteiger partial charge is 0.243 e. The fraction of sp³-hybridized carbons (Fsp3) is 0.529. The van der Waals surface area contributed by atoms with Crippen LogP contribution < -0.4 is 5.32 Å². The third-order valence-electron chi connectivity index (χ3n) is 3.32. The number of amides is 2. The average Bonchev–Trinajstić information content (AvgIpc) is 2.36. The molecule has 0 aromatic heterocycles. The minimum absolute atomic E-state index is 0.0540. The van der Waals surface area contributed by atoms with Crippen molar-refractivity contribution in [1.29, 1.82) is 0 Å². The molecule has 0 aliphatic heterocycles. The van der Waals surface area contributed by atoms with Gasteiger partial charge in [-0.15, -0.1) is 0 Å². The predicted molar refractivity (Wildman–Crippen MR) is 86.3 cm³/mol. The number of hydrogen-bond acceptors (Lipinski definition) is 2. The Morgan fingerprint density at radius 1 is 1.10 bits per heavy atom. The number of hydrogen-bond donors (Lipinski definition) is 1. The second-order valence-corrected chi connectivity index (χ2v) is 5.57. The molecule has 21 heavy (non-hydrogen) atoms. The monoisotopic (exact) mass is 290 g/mol. The maximum Gasteiger partial charge on any atom is 0.243 e. The third kappa shape index (κ3) is 6.43. The van der Waals surface area contributed by atoms with E-state index in [0.717, 1.165) is 36.1 Å². The molecule has 2 amide bonds. The van der Waals surface area contributed by atoms with Crippen molar-refractivity contribution >= 4 is 17.5 Å². The first-order chi connectivity index (χ1) is 9.92. The number of rotatable bonds is 7. The normalized spacial score (nSPS) is 10.3. The van der Waals surface area contributed by atoms with Crippen LogP contribution in [0.25, 0.3) is 0 Å². The number of aryl methyl sites for hydroxylation is 2. The van der Waals surface area contributed by atoms with Gasteiger partial charge in [0.15, 0.2) is 0 Å². The molecule has 4 nitrogen and oxygen atoms in total. The molecule has 0 aliphatic rings. The number of carbonyl (C=O) groups excluding carboxylic acids is 2. The summed E-state index contributed by atoms with van der Waals surface area (Å²) in [5.74, 6) is -0.201. The van der Waals surface area contributed by atoms with E-state index in [1.54, 1.807) is 4.90 Å². The number of carbonyl (C=O) groups is 2. The van der Waals surface area contributed by atoms with Crippen molar-refractivity contribution in [3.63, 3.8) is 0 Å². The van der Waals surface area contributed by atoms with Gasteiger partial charge in [-0.05, 0) is 43.5 Å². The van der Waals surface area contributed by atoms with Gasteiger partial charge in [0.1, 0.15) is 0 Å². The topological polar surface area (TPSA) is 49.4 Å². The third-order valence-corrected chi connectivity index (χ3v) is 3.32. The van der Waals surface area contributed by atoms with E-state index in [2.05, 4.69) is 18.3 Å². The van der Waals surface area contributed by atoms with Crippen LogP contribution in [0.4, 0.5) is 5.69 Å². The Bertz CT molecular complexity index is 477. The molecule has 0 atom stereocenters. The molecular weight excluding hydrogens is 264 g/mol. The molecule has 0 aliphatic carbocycles. The summed E-state index contributed by atoms with van der Waals surface area (Å²) >= 11 is 0. The predicted octanol–water partition coefficient (Wildman–Crippen LogP) is 3.28. The van der Waals surface area contributed by atoms with E-state index >= 15 is 0 Å². The molecule has 0 radical (unpaired) electrons. The van der Waals surface area contributed by atoms with Crippen molar-refractivity contribution in [3.05, 3.63) is 29.3 Å². The Hall–Kier alpha value is -1.84. The highest BCUT2D eigenvalue weighted by Crippen LogP contribution is 2.13. The van der Waals surface area contributed by atoms with Gasteiger partial charge in [-0.25, -0.2) is 0 Å². The molecule has 0 fully saturated rings. The Morgan fingerprint density at radius 2 is 1.71 bits per heavy atom. The van der Waals surface area contributed by atoms with Gasteiger partial charge in [-0.1, -0.05) is 25.8 Å². The summed E-state index contributed by atoms with van der Waals surface area (Å²) in [7, 11) is 0. The van der Waals surface area contributed by atoms with Gasteiger partial charge in [0.05, 0.1) is 6.54 Å². The van der Waals surface area contributed by atoms with Gasteiger partial charge < -0.3 is 10.2 Å². The molecule has 0 bridgehead atoms. The number of nitrogens with one attached hydrogen (secondary N) is 1. The van der Waals surface area contributed by atoms with Gasteiger partial charge >= 0.3 is 0 Å². The van der Waals surface area contributed by atoms with Gasteiger partial charge in [0.25, 0.3) is 0 Å². The van der Waals surface area contributed by atoms with Crippen LogP contribution in [0.1, 0.15) is 44.2 Å². The van der Waals surface area contributed by atoms with Crippen LogP contribution in [0.3, 0.4) is 0 Å². The molecule has 0 spiro atoms. The molecule has 1 N–H and O–H groups in total. The number of nitrogens with zero attached hydrogens (tertiary/aromatic N) is 1. The summed E-state index contributed by atoms with van der Waals surface area (Å²) in [4.78, 5) is 25.3. The molecule has 4 heteroatoms. The highest BCUT2D eigenvalue weighted by molar-refractivity contribution is 5.94. The van der Waals surface area contributed by atoms with Crippen LogP contribution in [-0.4, -0.2) is 29.8 Å². The minimum atomic E-state index is -0.147. The summed E-state index contributed by atoms with van der Waals surface area (Å²) in [6, 6.07) is 5.92. The summed E-state index contributed by atoms with van der Waals surface area (Å²) in [6.07, 6.45) is 3.11. The second-order valence-electron chi connectivity index (χ2n) is 5.57. The first-order valence-corrected chi connectivity index (χ1v) is 7.56. The molecule has 1 aromatic carbocycles.